The lowest BCUT2D eigenvalue weighted by Crippen LogP contribution is -2.35. The second-order valence-corrected chi connectivity index (χ2v) is 13.4. The van der Waals surface area contributed by atoms with E-state index < -0.39 is 12.2 Å². The van der Waals surface area contributed by atoms with Crippen molar-refractivity contribution in [1.82, 2.24) is 34.7 Å². The Hall–Kier alpha value is -5.91. The predicted octanol–water partition coefficient (Wildman–Crippen LogP) is 6.32. The third kappa shape index (κ3) is 6.52. The average molecular weight is 694 g/mol. The third-order valence-electron chi connectivity index (χ3n) is 10.2. The molecule has 4 N–H and O–H groups in total. The molecule has 0 saturated carbocycles. The molecule has 5 heterocycles. The minimum Gasteiger partial charge on any atom is -0.378 e. The van der Waals surface area contributed by atoms with Crippen molar-refractivity contribution in [1.29, 1.82) is 0 Å². The molecule has 2 aliphatic heterocycles. The second-order valence-electron chi connectivity index (χ2n) is 13.4. The fourth-order valence-electron chi connectivity index (χ4n) is 7.35. The number of likely N-dealkylation sites (tertiary alicyclic amines) is 2. The molecule has 2 saturated heterocycles. The van der Waals surface area contributed by atoms with Crippen LogP contribution in [0.15, 0.2) is 116 Å². The first kappa shape index (κ1) is 33.2. The van der Waals surface area contributed by atoms with Crippen molar-refractivity contribution in [2.24, 2.45) is 0 Å². The van der Waals surface area contributed by atoms with Gasteiger partial charge in [-0.3, -0.25) is 14.6 Å². The number of pyridine rings is 1. The number of H-pyrrole nitrogens is 2. The molecule has 4 atom stereocenters. The number of carbonyl (C=O) groups excluding carboxylic acids is 2. The molecule has 262 valence electrons. The van der Waals surface area contributed by atoms with E-state index in [1.54, 1.807) is 46.5 Å². The Kier molecular flexibility index (Phi) is 9.19. The molecule has 0 aliphatic carbocycles. The topological polar surface area (TPSA) is 151 Å². The van der Waals surface area contributed by atoms with Crippen LogP contribution in [-0.2, 0) is 9.59 Å². The molecular formula is C41H39N7O4. The highest BCUT2D eigenvalue weighted by atomic mass is 16.3. The average Bonchev–Trinajstić information content (AvgIpc) is 4.04. The van der Waals surface area contributed by atoms with E-state index in [4.69, 9.17) is 4.98 Å². The molecular weight excluding hydrogens is 654 g/mol. The normalized spacial score (nSPS) is 18.4. The summed E-state index contributed by atoms with van der Waals surface area (Å²) in [6.07, 6.45) is 6.17. The van der Waals surface area contributed by atoms with Crippen LogP contribution >= 0.6 is 0 Å². The number of aliphatic hydroxyl groups is 2. The first-order valence-electron chi connectivity index (χ1n) is 17.7. The molecule has 3 aromatic heterocycles. The number of carbonyl (C=O) groups is 2. The van der Waals surface area contributed by atoms with Gasteiger partial charge in [0.15, 0.2) is 12.2 Å². The van der Waals surface area contributed by atoms with Crippen LogP contribution in [0.2, 0.25) is 0 Å². The maximum Gasteiger partial charge on any atom is 0.256 e. The highest BCUT2D eigenvalue weighted by Crippen LogP contribution is 2.36. The third-order valence-corrected chi connectivity index (χ3v) is 10.2. The zero-order valence-electron chi connectivity index (χ0n) is 28.5. The molecule has 0 bridgehead atoms. The number of nitrogens with one attached hydrogen (secondary N) is 2. The van der Waals surface area contributed by atoms with E-state index in [0.29, 0.717) is 35.9 Å². The molecule has 2 amide bonds. The van der Waals surface area contributed by atoms with Gasteiger partial charge in [-0.15, -0.1) is 0 Å². The molecule has 0 spiro atoms. The molecule has 6 aromatic rings. The fraction of sp³-hybridized carbons (Fsp3) is 0.244. The minimum absolute atomic E-state index is 0.223. The van der Waals surface area contributed by atoms with Gasteiger partial charge in [-0.25, -0.2) is 9.97 Å². The van der Waals surface area contributed by atoms with Crippen LogP contribution in [0.4, 0.5) is 0 Å². The fourth-order valence-corrected chi connectivity index (χ4v) is 7.35. The van der Waals surface area contributed by atoms with Crippen LogP contribution in [0.1, 0.15) is 72.8 Å². The molecule has 2 fully saturated rings. The maximum absolute atomic E-state index is 13.2. The molecule has 3 aromatic carbocycles. The van der Waals surface area contributed by atoms with E-state index in [9.17, 15) is 19.8 Å². The van der Waals surface area contributed by atoms with Gasteiger partial charge in [0, 0.05) is 30.4 Å². The Morgan fingerprint density at radius 1 is 0.577 bits per heavy atom. The van der Waals surface area contributed by atoms with E-state index >= 15 is 0 Å². The summed E-state index contributed by atoms with van der Waals surface area (Å²) in [4.78, 5) is 50.7. The van der Waals surface area contributed by atoms with E-state index in [2.05, 4.69) is 19.9 Å². The number of hydrogen-bond acceptors (Lipinski definition) is 7. The van der Waals surface area contributed by atoms with Gasteiger partial charge in [-0.05, 0) is 54.5 Å². The highest BCUT2D eigenvalue weighted by molar-refractivity contribution is 5.83. The Morgan fingerprint density at radius 2 is 1.04 bits per heavy atom. The molecule has 11 heteroatoms. The summed E-state index contributed by atoms with van der Waals surface area (Å²) in [5, 5.41) is 21.5. The molecule has 52 heavy (non-hydrogen) atoms. The van der Waals surface area contributed by atoms with E-state index in [1.165, 1.54) is 0 Å². The van der Waals surface area contributed by atoms with Gasteiger partial charge in [0.2, 0.25) is 0 Å². The van der Waals surface area contributed by atoms with E-state index in [0.717, 1.165) is 59.5 Å². The van der Waals surface area contributed by atoms with Gasteiger partial charge in [0.1, 0.15) is 11.6 Å². The number of aromatic amines is 2. The number of aromatic nitrogens is 5. The Labute approximate surface area is 301 Å². The van der Waals surface area contributed by atoms with E-state index in [-0.39, 0.29) is 23.9 Å². The molecule has 11 nitrogen and oxygen atoms in total. The standard InChI is InChI=1S/C41H39N7O4/c49-36(28-9-3-1-4-10-28)40(51)47-21-7-13-34(47)38-43-24-32(45-38)27-17-15-26(16-18-27)31-20-19-30(23-42-31)33-25-44-39(46-33)35-14-8-22-48(35)41(52)37(50)29-11-5-2-6-12-29/h1-6,9-12,15-20,23-25,34-37,49-50H,7-8,13-14,21-22H2,(H,43,45)(H,44,46)/t34-,35-,36-,37+/m0/s1. The lowest BCUT2D eigenvalue weighted by molar-refractivity contribution is -0.142. The molecule has 0 radical (unpaired) electrons. The number of benzene rings is 3. The van der Waals surface area contributed by atoms with Gasteiger partial charge >= 0.3 is 0 Å². The lowest BCUT2D eigenvalue weighted by Gasteiger charge is -2.25. The molecule has 0 unspecified atom stereocenters. The van der Waals surface area contributed by atoms with Crippen molar-refractivity contribution in [3.05, 3.63) is 138 Å². The van der Waals surface area contributed by atoms with E-state index in [1.807, 2.05) is 79.0 Å². The van der Waals surface area contributed by atoms with Crippen LogP contribution in [0.25, 0.3) is 33.8 Å². The summed E-state index contributed by atoms with van der Waals surface area (Å²) in [6.45, 7) is 1.14. The monoisotopic (exact) mass is 693 g/mol. The number of rotatable bonds is 9. The predicted molar refractivity (Wildman–Crippen MR) is 195 cm³/mol. The first-order chi connectivity index (χ1) is 25.4. The summed E-state index contributed by atoms with van der Waals surface area (Å²) in [5.41, 5.74) is 6.43. The van der Waals surface area contributed by atoms with Gasteiger partial charge in [-0.1, -0.05) is 84.9 Å². The number of imidazole rings is 2. The Morgan fingerprint density at radius 3 is 1.52 bits per heavy atom. The number of nitrogens with zero attached hydrogens (tertiary/aromatic N) is 5. The molecule has 2 aliphatic rings. The van der Waals surface area contributed by atoms with Crippen molar-refractivity contribution in [3.8, 4) is 33.8 Å². The van der Waals surface area contributed by atoms with Crippen molar-refractivity contribution >= 4 is 11.8 Å². The zero-order chi connectivity index (χ0) is 35.6. The number of hydrogen-bond donors (Lipinski definition) is 4. The zero-order valence-corrected chi connectivity index (χ0v) is 28.5. The maximum atomic E-state index is 13.2. The van der Waals surface area contributed by atoms with Crippen molar-refractivity contribution < 1.29 is 19.8 Å². The lowest BCUT2D eigenvalue weighted by atomic mass is 10.1. The number of amides is 2. The summed E-state index contributed by atoms with van der Waals surface area (Å²) in [7, 11) is 0. The summed E-state index contributed by atoms with van der Waals surface area (Å²) in [6, 6.07) is 29.6. The van der Waals surface area contributed by atoms with Gasteiger partial charge < -0.3 is 30.0 Å². The highest BCUT2D eigenvalue weighted by Gasteiger charge is 2.36. The van der Waals surface area contributed by atoms with Crippen molar-refractivity contribution in [2.45, 2.75) is 50.0 Å². The summed E-state index contributed by atoms with van der Waals surface area (Å²) >= 11 is 0. The van der Waals surface area contributed by atoms with Crippen LogP contribution in [0, 0.1) is 0 Å². The SMILES string of the molecule is O=C([C@@H](O)c1ccccc1)N1CCC[C@H]1c1ncc(-c2ccc(-c3ccc(-c4cnc([C@@H]5CCCN5C(=O)[C@H](O)c5ccccc5)[nH]4)cn3)cc2)[nH]1. The minimum atomic E-state index is -1.21. The quantitative estimate of drug-likeness (QED) is 0.138. The smallest absolute Gasteiger partial charge is 0.256 e. The Balaban J connectivity index is 0.920. The van der Waals surface area contributed by atoms with Gasteiger partial charge in [0.25, 0.3) is 11.8 Å². The van der Waals surface area contributed by atoms with Crippen LogP contribution < -0.4 is 0 Å². The largest absolute Gasteiger partial charge is 0.378 e. The first-order valence-corrected chi connectivity index (χ1v) is 17.7. The number of aliphatic hydroxyl groups excluding tert-OH is 2. The second kappa shape index (κ2) is 14.4. The Bertz CT molecular complexity index is 1990. The van der Waals surface area contributed by atoms with Crippen LogP contribution in [0.3, 0.4) is 0 Å². The van der Waals surface area contributed by atoms with Crippen molar-refractivity contribution in [2.75, 3.05) is 13.1 Å². The van der Waals surface area contributed by atoms with Crippen LogP contribution in [-0.4, -0.2) is 69.8 Å². The van der Waals surface area contributed by atoms with Crippen molar-refractivity contribution in [3.63, 3.8) is 0 Å². The molecule has 8 rings (SSSR count). The summed E-state index contributed by atoms with van der Waals surface area (Å²) in [5.74, 6) is 0.778. The summed E-state index contributed by atoms with van der Waals surface area (Å²) < 4.78 is 0. The van der Waals surface area contributed by atoms with Gasteiger partial charge in [0.05, 0.1) is 41.6 Å². The van der Waals surface area contributed by atoms with Gasteiger partial charge in [-0.2, -0.15) is 0 Å². The van der Waals surface area contributed by atoms with Crippen LogP contribution in [0.5, 0.6) is 0 Å².